The fraction of sp³-hybridized carbons (Fsp3) is 0.100. The summed E-state index contributed by atoms with van der Waals surface area (Å²) in [6, 6.07) is 15.6. The number of halogens is 5. The summed E-state index contributed by atoms with van der Waals surface area (Å²) in [4.78, 5) is 33.0. The predicted molar refractivity (Wildman–Crippen MR) is 153 cm³/mol. The number of fused-ring (bicyclic) bond motifs is 1. The van der Waals surface area contributed by atoms with E-state index in [1.54, 1.807) is 31.4 Å². The number of benzene rings is 3. The van der Waals surface area contributed by atoms with Crippen molar-refractivity contribution in [1.29, 1.82) is 5.26 Å². The summed E-state index contributed by atoms with van der Waals surface area (Å²) in [5.41, 5.74) is -1.33. The first kappa shape index (κ1) is 28.8. The predicted octanol–water partition coefficient (Wildman–Crippen LogP) is 7.37. The molecule has 5 rings (SSSR count). The number of alkyl halides is 3. The first-order valence-electron chi connectivity index (χ1n) is 12.3. The van der Waals surface area contributed by atoms with Gasteiger partial charge in [0, 0.05) is 63.0 Å². The highest BCUT2D eigenvalue weighted by atomic mass is 35.5. The summed E-state index contributed by atoms with van der Waals surface area (Å²) >= 11 is 12.6. The van der Waals surface area contributed by atoms with Crippen molar-refractivity contribution in [1.82, 2.24) is 14.9 Å². The molecular weight excluding hydrogens is 592 g/mol. The van der Waals surface area contributed by atoms with Crippen molar-refractivity contribution in [2.24, 2.45) is 0 Å². The number of aromatic hydroxyl groups is 1. The van der Waals surface area contributed by atoms with Gasteiger partial charge in [-0.2, -0.15) is 18.4 Å². The monoisotopic (exact) mass is 610 g/mol. The minimum atomic E-state index is -4.70. The molecule has 0 bridgehead atoms. The first-order chi connectivity index (χ1) is 19.9. The number of nitrogens with zero attached hydrogens (tertiary/aromatic N) is 2. The number of H-pyrrole nitrogens is 2. The van der Waals surface area contributed by atoms with Gasteiger partial charge in [0.05, 0.1) is 16.8 Å². The zero-order valence-electron chi connectivity index (χ0n) is 21.6. The second-order valence-electron chi connectivity index (χ2n) is 9.48. The molecule has 0 aliphatic rings. The molecule has 0 unspecified atom stereocenters. The lowest BCUT2D eigenvalue weighted by molar-refractivity contribution is -0.137. The van der Waals surface area contributed by atoms with E-state index < -0.39 is 22.9 Å². The lowest BCUT2D eigenvalue weighted by Crippen LogP contribution is -2.26. The van der Waals surface area contributed by atoms with E-state index >= 15 is 0 Å². The van der Waals surface area contributed by atoms with Crippen molar-refractivity contribution in [2.45, 2.75) is 12.7 Å². The van der Waals surface area contributed by atoms with Gasteiger partial charge in [-0.3, -0.25) is 9.59 Å². The second kappa shape index (κ2) is 10.9. The number of rotatable bonds is 5. The normalized spacial score (nSPS) is 11.5. The number of nitriles is 1. The zero-order valence-corrected chi connectivity index (χ0v) is 23.1. The Morgan fingerprint density at radius 1 is 1.05 bits per heavy atom. The molecule has 0 radical (unpaired) electrons. The Bertz CT molecular complexity index is 1980. The third-order valence-electron chi connectivity index (χ3n) is 6.75. The van der Waals surface area contributed by atoms with Gasteiger partial charge >= 0.3 is 6.18 Å². The largest absolute Gasteiger partial charge is 0.507 e. The van der Waals surface area contributed by atoms with Crippen LogP contribution in [0.25, 0.3) is 33.3 Å². The SMILES string of the molecule is CN(Cc1cc(Cl)cc(-c2cc(-c3cc(C(F)(F)F)ccc3Cl)c(C#N)c(=O)[nH]2)c1O)C(=O)c1c[nH]c2ccccc12. The van der Waals surface area contributed by atoms with Crippen LogP contribution >= 0.6 is 23.2 Å². The van der Waals surface area contributed by atoms with Crippen molar-refractivity contribution in [2.75, 3.05) is 7.05 Å². The summed E-state index contributed by atoms with van der Waals surface area (Å²) in [7, 11) is 1.54. The van der Waals surface area contributed by atoms with Crippen LogP contribution < -0.4 is 5.56 Å². The minimum absolute atomic E-state index is 0.0244. The number of phenols is 1. The molecule has 0 fully saturated rings. The van der Waals surface area contributed by atoms with Crippen LogP contribution in [0.5, 0.6) is 5.75 Å². The van der Waals surface area contributed by atoms with Gasteiger partial charge in [-0.15, -0.1) is 0 Å². The molecule has 0 saturated heterocycles. The van der Waals surface area contributed by atoms with Crippen LogP contribution in [-0.4, -0.2) is 32.9 Å². The molecule has 12 heteroatoms. The standard InChI is InChI=1S/C30H19Cl2F3N4O3/c1-39(29(42)23-13-37-25-5-3-2-4-18(23)25)14-15-8-17(31)10-21(27(15)40)26-11-19(22(12-36)28(41)38-26)20-9-16(30(33,34)35)6-7-24(20)32/h2-11,13,37,40H,14H2,1H3,(H,38,41). The highest BCUT2D eigenvalue weighted by molar-refractivity contribution is 6.33. The highest BCUT2D eigenvalue weighted by Gasteiger charge is 2.31. The van der Waals surface area contributed by atoms with Gasteiger partial charge in [0.25, 0.3) is 11.5 Å². The van der Waals surface area contributed by atoms with E-state index in [0.717, 1.165) is 29.1 Å². The van der Waals surface area contributed by atoms with Gasteiger partial charge in [-0.05, 0) is 42.5 Å². The molecule has 7 nitrogen and oxygen atoms in total. The van der Waals surface area contributed by atoms with Crippen molar-refractivity contribution in [3.05, 3.63) is 110 Å². The van der Waals surface area contributed by atoms with Crippen molar-refractivity contribution < 1.29 is 23.1 Å². The quantitative estimate of drug-likeness (QED) is 0.193. The van der Waals surface area contributed by atoms with E-state index in [-0.39, 0.29) is 56.2 Å². The Morgan fingerprint density at radius 2 is 1.79 bits per heavy atom. The van der Waals surface area contributed by atoms with Gasteiger partial charge in [0.2, 0.25) is 0 Å². The topological polar surface area (TPSA) is 113 Å². The molecule has 5 aromatic rings. The Labute approximate surface area is 246 Å². The average Bonchev–Trinajstić information content (AvgIpc) is 3.37. The number of hydrogen-bond acceptors (Lipinski definition) is 4. The fourth-order valence-electron chi connectivity index (χ4n) is 4.70. The summed E-state index contributed by atoms with van der Waals surface area (Å²) in [6.07, 6.45) is -3.11. The number of aromatic amines is 2. The Morgan fingerprint density at radius 3 is 2.50 bits per heavy atom. The second-order valence-corrected chi connectivity index (χ2v) is 10.3. The zero-order chi connectivity index (χ0) is 30.3. The van der Waals surface area contributed by atoms with Crippen LogP contribution in [0.15, 0.2) is 71.7 Å². The summed E-state index contributed by atoms with van der Waals surface area (Å²) < 4.78 is 40.3. The van der Waals surface area contributed by atoms with Crippen LogP contribution in [0, 0.1) is 11.3 Å². The number of aromatic nitrogens is 2. The molecule has 0 atom stereocenters. The first-order valence-corrected chi connectivity index (χ1v) is 13.0. The summed E-state index contributed by atoms with van der Waals surface area (Å²) in [6.45, 7) is -0.0788. The molecule has 0 spiro atoms. The molecule has 2 heterocycles. The van der Waals surface area contributed by atoms with Crippen LogP contribution in [0.1, 0.15) is 27.0 Å². The summed E-state index contributed by atoms with van der Waals surface area (Å²) in [5.74, 6) is -0.666. The van der Waals surface area contributed by atoms with Gasteiger partial charge in [-0.1, -0.05) is 41.4 Å². The van der Waals surface area contributed by atoms with E-state index in [9.17, 15) is 33.1 Å². The maximum Gasteiger partial charge on any atom is 0.416 e. The third-order valence-corrected chi connectivity index (χ3v) is 7.29. The Hall–Kier alpha value is -4.72. The average molecular weight is 611 g/mol. The molecule has 0 aliphatic carbocycles. The van der Waals surface area contributed by atoms with Crippen molar-refractivity contribution in [3.8, 4) is 34.2 Å². The molecular formula is C30H19Cl2F3N4O3. The number of para-hydroxylation sites is 1. The lowest BCUT2D eigenvalue weighted by atomic mass is 9.96. The maximum absolute atomic E-state index is 13.4. The molecule has 212 valence electrons. The van der Waals surface area contributed by atoms with Crippen LogP contribution in [0.3, 0.4) is 0 Å². The van der Waals surface area contributed by atoms with E-state index in [2.05, 4.69) is 9.97 Å². The molecule has 1 amide bonds. The minimum Gasteiger partial charge on any atom is -0.507 e. The number of carbonyl (C=O) groups is 1. The number of carbonyl (C=O) groups excluding carboxylic acids is 1. The number of phenolic OH excluding ortho intramolecular Hbond substituents is 1. The van der Waals surface area contributed by atoms with E-state index in [1.807, 2.05) is 12.1 Å². The van der Waals surface area contributed by atoms with Crippen molar-refractivity contribution in [3.63, 3.8) is 0 Å². The molecule has 0 saturated carbocycles. The van der Waals surface area contributed by atoms with Gasteiger partial charge in [0.1, 0.15) is 17.4 Å². The number of hydrogen-bond donors (Lipinski definition) is 3. The fourth-order valence-corrected chi connectivity index (χ4v) is 5.16. The summed E-state index contributed by atoms with van der Waals surface area (Å²) in [5, 5.41) is 21.6. The van der Waals surface area contributed by atoms with Crippen LogP contribution in [0.4, 0.5) is 13.2 Å². The smallest absolute Gasteiger partial charge is 0.416 e. The van der Waals surface area contributed by atoms with Gasteiger partial charge in [0.15, 0.2) is 0 Å². The molecule has 42 heavy (non-hydrogen) atoms. The Balaban J connectivity index is 1.58. The number of nitrogens with one attached hydrogen (secondary N) is 2. The van der Waals surface area contributed by atoms with Crippen molar-refractivity contribution >= 4 is 40.0 Å². The molecule has 3 N–H and O–H groups in total. The lowest BCUT2D eigenvalue weighted by Gasteiger charge is -2.19. The van der Waals surface area contributed by atoms with E-state index in [4.69, 9.17) is 23.2 Å². The molecule has 0 aliphatic heterocycles. The molecule has 2 aromatic heterocycles. The van der Waals surface area contributed by atoms with Crippen LogP contribution in [-0.2, 0) is 12.7 Å². The number of amides is 1. The van der Waals surface area contributed by atoms with E-state index in [1.165, 1.54) is 23.1 Å². The third kappa shape index (κ3) is 5.32. The Kier molecular flexibility index (Phi) is 7.49. The van der Waals surface area contributed by atoms with Gasteiger partial charge in [-0.25, -0.2) is 0 Å². The van der Waals surface area contributed by atoms with Crippen LogP contribution in [0.2, 0.25) is 10.0 Å². The maximum atomic E-state index is 13.4. The molecule has 3 aromatic carbocycles. The van der Waals surface area contributed by atoms with E-state index in [0.29, 0.717) is 5.56 Å². The highest BCUT2D eigenvalue weighted by Crippen LogP contribution is 2.40. The van der Waals surface area contributed by atoms with Gasteiger partial charge < -0.3 is 20.0 Å². The number of pyridine rings is 1.